The maximum Gasteiger partial charge on any atom is 0.277 e. The van der Waals surface area contributed by atoms with Crippen molar-refractivity contribution in [1.29, 1.82) is 0 Å². The highest BCUT2D eigenvalue weighted by Crippen LogP contribution is 2.28. The molecular weight excluding hydrogens is 392 g/mol. The Bertz CT molecular complexity index is 1050. The third-order valence-corrected chi connectivity index (χ3v) is 4.63. The molecule has 0 heterocycles. The molecule has 3 rings (SSSR count). The van der Waals surface area contributed by atoms with Crippen molar-refractivity contribution < 1.29 is 19.0 Å². The number of aryl methyl sites for hydroxylation is 2. The molecule has 160 valence electrons. The fraction of sp³-hybridized carbons (Fsp3) is 0.200. The van der Waals surface area contributed by atoms with Gasteiger partial charge in [-0.3, -0.25) is 4.79 Å². The van der Waals surface area contributed by atoms with E-state index in [0.29, 0.717) is 23.9 Å². The molecule has 6 heteroatoms. The quantitative estimate of drug-likeness (QED) is 0.413. The molecule has 31 heavy (non-hydrogen) atoms. The molecule has 3 aromatic rings. The molecular formula is C25H26N2O4. The van der Waals surface area contributed by atoms with E-state index >= 15 is 0 Å². The first-order valence-corrected chi connectivity index (χ1v) is 9.92. The summed E-state index contributed by atoms with van der Waals surface area (Å²) in [7, 11) is 1.58. The van der Waals surface area contributed by atoms with Crippen LogP contribution in [0.4, 0.5) is 0 Å². The number of hydrazone groups is 1. The van der Waals surface area contributed by atoms with Gasteiger partial charge in [-0.25, -0.2) is 5.43 Å². The van der Waals surface area contributed by atoms with Crippen molar-refractivity contribution >= 4 is 12.1 Å². The molecule has 6 nitrogen and oxygen atoms in total. The van der Waals surface area contributed by atoms with Gasteiger partial charge < -0.3 is 14.2 Å². The lowest BCUT2D eigenvalue weighted by atomic mass is 10.1. The highest BCUT2D eigenvalue weighted by Gasteiger charge is 2.07. The zero-order chi connectivity index (χ0) is 22.1. The van der Waals surface area contributed by atoms with Crippen LogP contribution in [-0.4, -0.2) is 25.8 Å². The number of ether oxygens (including phenoxy) is 3. The molecule has 0 aliphatic carbocycles. The Kier molecular flexibility index (Phi) is 7.65. The minimum atomic E-state index is -0.345. The number of amides is 1. The summed E-state index contributed by atoms with van der Waals surface area (Å²) < 4.78 is 16.8. The van der Waals surface area contributed by atoms with Crippen molar-refractivity contribution in [2.45, 2.75) is 20.5 Å². The fourth-order valence-corrected chi connectivity index (χ4v) is 2.81. The van der Waals surface area contributed by atoms with Gasteiger partial charge in [0.05, 0.1) is 13.3 Å². The minimum Gasteiger partial charge on any atom is -0.493 e. The van der Waals surface area contributed by atoms with Crippen LogP contribution in [0.5, 0.6) is 17.2 Å². The molecule has 0 aliphatic heterocycles. The Morgan fingerprint density at radius 2 is 1.74 bits per heavy atom. The van der Waals surface area contributed by atoms with Gasteiger partial charge in [0.15, 0.2) is 18.1 Å². The average Bonchev–Trinajstić information content (AvgIpc) is 2.78. The van der Waals surface area contributed by atoms with E-state index in [1.54, 1.807) is 13.2 Å². The smallest absolute Gasteiger partial charge is 0.277 e. The van der Waals surface area contributed by atoms with Crippen molar-refractivity contribution in [3.63, 3.8) is 0 Å². The van der Waals surface area contributed by atoms with E-state index in [-0.39, 0.29) is 12.5 Å². The van der Waals surface area contributed by atoms with E-state index in [1.807, 2.05) is 61.5 Å². The van der Waals surface area contributed by atoms with Crippen molar-refractivity contribution in [2.24, 2.45) is 5.10 Å². The normalized spacial score (nSPS) is 10.7. The van der Waals surface area contributed by atoms with Gasteiger partial charge in [-0.2, -0.15) is 5.10 Å². The van der Waals surface area contributed by atoms with Crippen LogP contribution in [0.2, 0.25) is 0 Å². The molecule has 0 spiro atoms. The molecule has 1 amide bonds. The summed E-state index contributed by atoms with van der Waals surface area (Å²) in [6, 6.07) is 21.0. The summed E-state index contributed by atoms with van der Waals surface area (Å²) in [6.45, 7) is 4.38. The molecule has 0 saturated carbocycles. The van der Waals surface area contributed by atoms with Gasteiger partial charge in [-0.05, 0) is 60.9 Å². The number of rotatable bonds is 9. The van der Waals surface area contributed by atoms with Crippen molar-refractivity contribution in [2.75, 3.05) is 13.7 Å². The summed E-state index contributed by atoms with van der Waals surface area (Å²) in [5, 5.41) is 3.98. The first-order valence-electron chi connectivity index (χ1n) is 9.92. The number of carbonyl (C=O) groups excluding carboxylic acids is 1. The van der Waals surface area contributed by atoms with Gasteiger partial charge in [-0.15, -0.1) is 0 Å². The molecule has 0 atom stereocenters. The molecule has 0 fully saturated rings. The number of benzene rings is 3. The lowest BCUT2D eigenvalue weighted by Crippen LogP contribution is -2.24. The predicted molar refractivity (Wildman–Crippen MR) is 121 cm³/mol. The van der Waals surface area contributed by atoms with E-state index in [4.69, 9.17) is 14.2 Å². The van der Waals surface area contributed by atoms with E-state index < -0.39 is 0 Å². The second-order valence-corrected chi connectivity index (χ2v) is 7.02. The van der Waals surface area contributed by atoms with Gasteiger partial charge in [-0.1, -0.05) is 42.0 Å². The van der Waals surface area contributed by atoms with Crippen LogP contribution in [0, 0.1) is 13.8 Å². The highest BCUT2D eigenvalue weighted by atomic mass is 16.5. The van der Waals surface area contributed by atoms with Crippen LogP contribution in [0.3, 0.4) is 0 Å². The number of methoxy groups -OCH3 is 1. The Labute approximate surface area is 182 Å². The third kappa shape index (κ3) is 6.60. The Balaban J connectivity index is 1.52. The number of hydrogen-bond donors (Lipinski definition) is 1. The maximum absolute atomic E-state index is 11.9. The summed E-state index contributed by atoms with van der Waals surface area (Å²) in [5.41, 5.74) is 6.63. The summed E-state index contributed by atoms with van der Waals surface area (Å²) in [4.78, 5) is 11.9. The number of nitrogens with zero attached hydrogens (tertiary/aromatic N) is 1. The van der Waals surface area contributed by atoms with E-state index in [9.17, 15) is 4.79 Å². The number of nitrogens with one attached hydrogen (secondary N) is 1. The average molecular weight is 418 g/mol. The summed E-state index contributed by atoms with van der Waals surface area (Å²) in [6.07, 6.45) is 1.54. The fourth-order valence-electron chi connectivity index (χ4n) is 2.81. The SMILES string of the molecule is COc1cc(/C=N/NC(=O)COc2ccc(C)cc2)ccc1OCc1ccccc1C. The van der Waals surface area contributed by atoms with Crippen molar-refractivity contribution in [3.05, 3.63) is 89.0 Å². The van der Waals surface area contributed by atoms with Crippen molar-refractivity contribution in [1.82, 2.24) is 5.43 Å². The maximum atomic E-state index is 11.9. The lowest BCUT2D eigenvalue weighted by molar-refractivity contribution is -0.123. The van der Waals surface area contributed by atoms with Crippen LogP contribution in [-0.2, 0) is 11.4 Å². The number of carbonyl (C=O) groups is 1. The van der Waals surface area contributed by atoms with Crippen LogP contribution in [0.15, 0.2) is 71.8 Å². The van der Waals surface area contributed by atoms with Crippen LogP contribution < -0.4 is 19.6 Å². The topological polar surface area (TPSA) is 69.2 Å². The molecule has 0 aromatic heterocycles. The van der Waals surface area contributed by atoms with E-state index in [1.165, 1.54) is 11.8 Å². The molecule has 1 N–H and O–H groups in total. The second-order valence-electron chi connectivity index (χ2n) is 7.02. The summed E-state index contributed by atoms with van der Waals surface area (Å²) in [5.74, 6) is 1.52. The Morgan fingerprint density at radius 3 is 2.48 bits per heavy atom. The first-order chi connectivity index (χ1) is 15.0. The van der Waals surface area contributed by atoms with Crippen molar-refractivity contribution in [3.8, 4) is 17.2 Å². The predicted octanol–water partition coefficient (Wildman–Crippen LogP) is 4.42. The van der Waals surface area contributed by atoms with E-state index in [0.717, 1.165) is 16.7 Å². The van der Waals surface area contributed by atoms with Crippen LogP contribution in [0.1, 0.15) is 22.3 Å². The molecule has 0 radical (unpaired) electrons. The molecule has 0 unspecified atom stereocenters. The molecule has 3 aromatic carbocycles. The lowest BCUT2D eigenvalue weighted by Gasteiger charge is -2.12. The van der Waals surface area contributed by atoms with Gasteiger partial charge in [0, 0.05) is 0 Å². The second kappa shape index (κ2) is 10.8. The Morgan fingerprint density at radius 1 is 0.968 bits per heavy atom. The van der Waals surface area contributed by atoms with Crippen LogP contribution in [0.25, 0.3) is 0 Å². The van der Waals surface area contributed by atoms with Gasteiger partial charge in [0.25, 0.3) is 5.91 Å². The largest absolute Gasteiger partial charge is 0.493 e. The molecule has 0 saturated heterocycles. The minimum absolute atomic E-state index is 0.116. The van der Waals surface area contributed by atoms with Crippen LogP contribution >= 0.6 is 0 Å². The molecule has 0 bridgehead atoms. The Hall–Kier alpha value is -3.80. The zero-order valence-electron chi connectivity index (χ0n) is 17.9. The zero-order valence-corrected chi connectivity index (χ0v) is 17.9. The van der Waals surface area contributed by atoms with E-state index in [2.05, 4.69) is 23.5 Å². The number of hydrogen-bond acceptors (Lipinski definition) is 5. The standard InChI is InChI=1S/C25H26N2O4/c1-18-8-11-22(12-9-18)30-17-25(28)27-26-15-20-10-13-23(24(14-20)29-3)31-16-21-7-5-4-6-19(21)2/h4-15H,16-17H2,1-3H3,(H,27,28)/b26-15+. The van der Waals surface area contributed by atoms with Gasteiger partial charge in [0.1, 0.15) is 12.4 Å². The monoisotopic (exact) mass is 418 g/mol. The summed E-state index contributed by atoms with van der Waals surface area (Å²) >= 11 is 0. The first kappa shape index (κ1) is 21.9. The molecule has 0 aliphatic rings. The van der Waals surface area contributed by atoms with Gasteiger partial charge in [0.2, 0.25) is 0 Å². The third-order valence-electron chi connectivity index (χ3n) is 4.63. The highest BCUT2D eigenvalue weighted by molar-refractivity contribution is 5.83. The van der Waals surface area contributed by atoms with Gasteiger partial charge >= 0.3 is 0 Å².